The highest BCUT2D eigenvalue weighted by molar-refractivity contribution is 5.69. The number of piperazine rings is 4. The highest BCUT2D eigenvalue weighted by Gasteiger charge is 2.21. The molecule has 0 amide bonds. The van der Waals surface area contributed by atoms with E-state index in [2.05, 4.69) is 79.6 Å². The second-order valence-electron chi connectivity index (χ2n) is 26.1. The van der Waals surface area contributed by atoms with Crippen molar-refractivity contribution in [3.05, 3.63) is 242 Å². The number of hydrogen-bond acceptors (Lipinski definition) is 20. The van der Waals surface area contributed by atoms with Crippen LogP contribution in [0.25, 0.3) is 73.3 Å². The minimum Gasteiger partial charge on any atom is -0.494 e. The fourth-order valence-corrected chi connectivity index (χ4v) is 13.5. The lowest BCUT2D eigenvalue weighted by Crippen LogP contribution is -2.49. The number of methoxy groups -OCH3 is 3. The first-order chi connectivity index (χ1) is 51.5. The molecule has 0 radical (unpaired) electrons. The fourth-order valence-electron chi connectivity index (χ4n) is 13.5. The van der Waals surface area contributed by atoms with Crippen LogP contribution in [-0.2, 0) is 0 Å². The molecule has 0 aliphatic carbocycles. The zero-order valence-electron chi connectivity index (χ0n) is 59.1. The molecule has 0 bridgehead atoms. The van der Waals surface area contributed by atoms with Crippen molar-refractivity contribution in [2.24, 2.45) is 0 Å². The third kappa shape index (κ3) is 15.9. The Kier molecular flexibility index (Phi) is 21.1. The van der Waals surface area contributed by atoms with Gasteiger partial charge >= 0.3 is 0 Å². The minimum absolute atomic E-state index is 0.0785. The van der Waals surface area contributed by atoms with Crippen molar-refractivity contribution in [1.82, 2.24) is 68.2 Å². The van der Waals surface area contributed by atoms with Gasteiger partial charge in [0.25, 0.3) is 22.2 Å². The number of nitrogens with zero attached hydrogens (tertiary/aromatic N) is 14. The van der Waals surface area contributed by atoms with E-state index < -0.39 is 17.5 Å². The standard InChI is InChI=1S/C20H21FN4O2.C20H22N4O3.C19H18F2N4O.C19H18N6O/c1-13-11-24(8-7-22-13)15-4-6-19-23-17(10-20(26)25(19)12-15)14-3-5-18(27-2)16(21)9-14;1-26-17-5-3-14(11-18(17)27-2)16-12-20(25)24-13-15(4-6-19(24)22-16)23-9-7-21-8-10-23;1-12-10-24(5-4-22-12)16-2-3-18-23-17(9-19(26)25(18)11-16)13-6-14(20)8-15(21)7-13;26-19-12-16(14-3-7-24-10-6-21-18(24)11-14)22-17-2-1-15(13-25(17)19)23-8-4-20-5-9-23/h3-6,9-10,12-13,22H,7-8,11H2,1-2H3;3-6,11-13,21H,7-10H2,1-2H3;2-3,6-9,11-12,22H,4-5,10H2,1H3;1-3,6-7,10-13,20H,4-5,8-9H2/t13-;;12-;/m0.0./s1. The zero-order valence-corrected chi connectivity index (χ0v) is 59.1. The maximum absolute atomic E-state index is 14.0. The van der Waals surface area contributed by atoms with Crippen molar-refractivity contribution >= 4 is 51.0 Å². The first kappa shape index (κ1) is 71.0. The van der Waals surface area contributed by atoms with Crippen LogP contribution in [0.3, 0.4) is 0 Å². The molecule has 28 heteroatoms. The average Bonchev–Trinajstić information content (AvgIpc) is 0.948. The van der Waals surface area contributed by atoms with Crippen LogP contribution in [0, 0.1) is 17.5 Å². The molecule has 544 valence electrons. The summed E-state index contributed by atoms with van der Waals surface area (Å²) >= 11 is 0. The summed E-state index contributed by atoms with van der Waals surface area (Å²) in [4.78, 5) is 82.2. The lowest BCUT2D eigenvalue weighted by molar-refractivity contribution is 0.355. The number of pyridine rings is 5. The summed E-state index contributed by atoms with van der Waals surface area (Å²) in [5.74, 6) is -0.493. The normalized spacial score (nSPS) is 16.1. The van der Waals surface area contributed by atoms with Crippen LogP contribution in [0.2, 0.25) is 0 Å². The second kappa shape index (κ2) is 31.5. The fraction of sp³-hybridized carbons (Fsp3) is 0.269. The topological polar surface area (TPSA) is 244 Å². The summed E-state index contributed by atoms with van der Waals surface area (Å²) in [7, 11) is 4.59. The van der Waals surface area contributed by atoms with Crippen LogP contribution >= 0.6 is 0 Å². The predicted octanol–water partition coefficient (Wildman–Crippen LogP) is 7.95. The van der Waals surface area contributed by atoms with Crippen LogP contribution in [0.4, 0.5) is 35.9 Å². The molecule has 4 saturated heterocycles. The van der Waals surface area contributed by atoms with Crippen LogP contribution in [0.1, 0.15) is 13.8 Å². The van der Waals surface area contributed by atoms with Gasteiger partial charge in [-0.25, -0.2) is 38.1 Å². The van der Waals surface area contributed by atoms with Gasteiger partial charge in [-0.15, -0.1) is 0 Å². The average molecular weight is 1440 g/mol. The maximum Gasteiger partial charge on any atom is 0.258 e. The molecule has 4 aliphatic rings. The molecule has 0 unspecified atom stereocenters. The molecule has 14 heterocycles. The molecule has 25 nitrogen and oxygen atoms in total. The van der Waals surface area contributed by atoms with E-state index in [9.17, 15) is 32.3 Å². The number of benzene rings is 3. The summed E-state index contributed by atoms with van der Waals surface area (Å²) in [5, 5.41) is 13.5. The van der Waals surface area contributed by atoms with Gasteiger partial charge in [-0.3, -0.25) is 36.8 Å². The van der Waals surface area contributed by atoms with Gasteiger partial charge in [0.1, 0.15) is 39.9 Å². The predicted molar refractivity (Wildman–Crippen MR) is 405 cm³/mol. The van der Waals surface area contributed by atoms with E-state index >= 15 is 0 Å². The van der Waals surface area contributed by atoms with Crippen molar-refractivity contribution < 1.29 is 27.4 Å². The number of ether oxygens (including phenoxy) is 3. The third-order valence-corrected chi connectivity index (χ3v) is 19.0. The van der Waals surface area contributed by atoms with Crippen molar-refractivity contribution in [2.45, 2.75) is 25.9 Å². The largest absolute Gasteiger partial charge is 0.494 e. The Balaban J connectivity index is 0.000000119. The molecule has 10 aromatic heterocycles. The Bertz CT molecular complexity index is 5620. The molecular weight excluding hydrogens is 1360 g/mol. The molecule has 0 spiro atoms. The number of aromatic nitrogens is 10. The molecule has 3 aromatic carbocycles. The zero-order chi connectivity index (χ0) is 73.5. The molecule has 0 saturated carbocycles. The quantitative estimate of drug-likeness (QED) is 0.0960. The maximum atomic E-state index is 14.0. The Morgan fingerprint density at radius 1 is 0.377 bits per heavy atom. The molecule has 4 aliphatic heterocycles. The number of halogens is 3. The van der Waals surface area contributed by atoms with Crippen LogP contribution < -0.4 is 77.3 Å². The highest BCUT2D eigenvalue weighted by atomic mass is 19.1. The summed E-state index contributed by atoms with van der Waals surface area (Å²) in [5.41, 5.74) is 10.8. The molecule has 17 rings (SSSR count). The van der Waals surface area contributed by atoms with Crippen LogP contribution in [0.15, 0.2) is 202 Å². The minimum atomic E-state index is -0.704. The Labute approximate surface area is 606 Å². The van der Waals surface area contributed by atoms with Gasteiger partial charge in [-0.2, -0.15) is 0 Å². The van der Waals surface area contributed by atoms with Gasteiger partial charge in [-0.05, 0) is 123 Å². The molecule has 4 fully saturated rings. The highest BCUT2D eigenvalue weighted by Crippen LogP contribution is 2.33. The van der Waals surface area contributed by atoms with Gasteiger partial charge in [0.15, 0.2) is 23.1 Å². The van der Waals surface area contributed by atoms with Crippen molar-refractivity contribution in [3.8, 4) is 62.3 Å². The number of rotatable bonds is 11. The molecule has 4 N–H and O–H groups in total. The number of hydrogen-bond donors (Lipinski definition) is 4. The lowest BCUT2D eigenvalue weighted by Gasteiger charge is -2.33. The van der Waals surface area contributed by atoms with E-state index in [-0.39, 0.29) is 39.2 Å². The van der Waals surface area contributed by atoms with E-state index in [4.69, 9.17) is 14.2 Å². The SMILES string of the molecule is COc1ccc(-c2cc(=O)n3cc(N4CCNCC4)ccc3n2)cc1OC.COc1ccc(-c2cc(=O)n3cc(N4CCN[C@@H](C)C4)ccc3n2)cc1F.C[C@H]1CN(c2ccc3nc(-c4cc(F)cc(F)c4)cc(=O)n3c2)CCN1.O=c1cc(-c2ccn3ccnc3c2)nc2ccc(N3CCNCC3)cn12. The van der Waals surface area contributed by atoms with Gasteiger partial charge in [0.05, 0.1) is 66.9 Å². The Hall–Kier alpha value is -12.0. The molecular formula is C78H79F3N18O7. The second-order valence-corrected chi connectivity index (χ2v) is 26.1. The third-order valence-electron chi connectivity index (χ3n) is 19.0. The molecule has 13 aromatic rings. The first-order valence-corrected chi connectivity index (χ1v) is 35.0. The van der Waals surface area contributed by atoms with Crippen LogP contribution in [0.5, 0.6) is 17.2 Å². The monoisotopic (exact) mass is 1440 g/mol. The smallest absolute Gasteiger partial charge is 0.258 e. The summed E-state index contributed by atoms with van der Waals surface area (Å²) in [6, 6.07) is 39.0. The van der Waals surface area contributed by atoms with E-state index in [0.717, 1.165) is 149 Å². The van der Waals surface area contributed by atoms with E-state index in [1.54, 1.807) is 59.7 Å². The molecule has 2 atom stereocenters. The van der Waals surface area contributed by atoms with E-state index in [1.807, 2.05) is 108 Å². The number of nitrogens with one attached hydrogen (secondary N) is 4. The number of anilines is 4. The molecule has 106 heavy (non-hydrogen) atoms. The van der Waals surface area contributed by atoms with Crippen molar-refractivity contribution in [1.29, 1.82) is 0 Å². The Morgan fingerprint density at radius 2 is 0.764 bits per heavy atom. The van der Waals surface area contributed by atoms with Crippen molar-refractivity contribution in [2.75, 3.05) is 133 Å². The van der Waals surface area contributed by atoms with E-state index in [1.165, 1.54) is 40.2 Å². The van der Waals surface area contributed by atoms with Gasteiger partial charge in [-0.1, -0.05) is 0 Å². The lowest BCUT2D eigenvalue weighted by atomic mass is 10.1. The van der Waals surface area contributed by atoms with Gasteiger partial charge < -0.3 is 59.5 Å². The number of imidazole rings is 1. The first-order valence-electron chi connectivity index (χ1n) is 35.0. The van der Waals surface area contributed by atoms with Crippen LogP contribution in [-0.4, -0.2) is 172 Å². The summed E-state index contributed by atoms with van der Waals surface area (Å²) in [6.07, 6.45) is 12.9. The number of fused-ring (bicyclic) bond motifs is 5. The van der Waals surface area contributed by atoms with E-state index in [0.29, 0.717) is 68.8 Å². The van der Waals surface area contributed by atoms with Gasteiger partial charge in [0.2, 0.25) is 0 Å². The van der Waals surface area contributed by atoms with Crippen molar-refractivity contribution in [3.63, 3.8) is 0 Å². The summed E-state index contributed by atoms with van der Waals surface area (Å²) in [6.45, 7) is 17.1. The Morgan fingerprint density at radius 3 is 1.18 bits per heavy atom. The van der Waals surface area contributed by atoms with Gasteiger partial charge in [0, 0.05) is 200 Å². The summed E-state index contributed by atoms with van der Waals surface area (Å²) < 4.78 is 64.6.